The number of nitrogens with one attached hydrogen (secondary N) is 1. The monoisotopic (exact) mass is 496 g/mol. The van der Waals surface area contributed by atoms with Gasteiger partial charge in [-0.1, -0.05) is 24.3 Å². The minimum atomic E-state index is -3.34. The molecule has 1 aliphatic rings. The summed E-state index contributed by atoms with van der Waals surface area (Å²) in [6, 6.07) is 12.6. The van der Waals surface area contributed by atoms with E-state index in [-0.39, 0.29) is 35.7 Å². The first-order valence-corrected chi connectivity index (χ1v) is 13.2. The predicted molar refractivity (Wildman–Crippen MR) is 133 cm³/mol. The quantitative estimate of drug-likeness (QED) is 0.475. The summed E-state index contributed by atoms with van der Waals surface area (Å²) in [6.45, 7) is 4.00. The fraction of sp³-hybridized carbons (Fsp3) is 0.320. The topological polar surface area (TPSA) is 122 Å². The molecule has 0 spiro atoms. The number of benzene rings is 2. The van der Waals surface area contributed by atoms with Gasteiger partial charge in [0.15, 0.2) is 9.84 Å². The third kappa shape index (κ3) is 5.28. The molecule has 0 saturated heterocycles. The van der Waals surface area contributed by atoms with Crippen LogP contribution < -0.4 is 10.2 Å². The molecule has 2 heterocycles. The van der Waals surface area contributed by atoms with Crippen molar-refractivity contribution in [2.75, 3.05) is 29.7 Å². The van der Waals surface area contributed by atoms with E-state index in [0.717, 1.165) is 11.1 Å². The van der Waals surface area contributed by atoms with Crippen molar-refractivity contribution in [3.63, 3.8) is 0 Å². The van der Waals surface area contributed by atoms with Gasteiger partial charge in [-0.15, -0.1) is 0 Å². The van der Waals surface area contributed by atoms with E-state index in [9.17, 15) is 18.3 Å². The van der Waals surface area contributed by atoms with Gasteiger partial charge in [0.1, 0.15) is 11.4 Å². The van der Waals surface area contributed by atoms with Crippen molar-refractivity contribution in [2.45, 2.75) is 37.8 Å². The van der Waals surface area contributed by atoms with E-state index in [2.05, 4.69) is 15.3 Å². The first kappa shape index (κ1) is 24.6. The number of carbonyl (C=O) groups is 1. The Kier molecular flexibility index (Phi) is 7.04. The molecule has 35 heavy (non-hydrogen) atoms. The molecule has 0 bridgehead atoms. The summed E-state index contributed by atoms with van der Waals surface area (Å²) >= 11 is 0. The van der Waals surface area contributed by atoms with Gasteiger partial charge in [-0.25, -0.2) is 18.2 Å². The summed E-state index contributed by atoms with van der Waals surface area (Å²) in [5.41, 5.74) is 3.64. The smallest absolute Gasteiger partial charge is 0.343 e. The Bertz CT molecular complexity index is 1360. The first-order chi connectivity index (χ1) is 16.7. The van der Waals surface area contributed by atoms with Crippen LogP contribution in [0.2, 0.25) is 0 Å². The Morgan fingerprint density at radius 1 is 1.23 bits per heavy atom. The molecule has 9 nitrogen and oxygen atoms in total. The zero-order valence-corrected chi connectivity index (χ0v) is 20.7. The lowest BCUT2D eigenvalue weighted by molar-refractivity contribution is 0.0525. The molecule has 0 unspecified atom stereocenters. The highest BCUT2D eigenvalue weighted by Gasteiger charge is 2.30. The van der Waals surface area contributed by atoms with E-state index in [1.54, 1.807) is 26.0 Å². The number of carbonyl (C=O) groups excluding carboxylic acids is 1. The van der Waals surface area contributed by atoms with Crippen molar-refractivity contribution in [3.8, 4) is 0 Å². The van der Waals surface area contributed by atoms with Crippen LogP contribution in [-0.2, 0) is 27.5 Å². The maximum absolute atomic E-state index is 12.7. The van der Waals surface area contributed by atoms with Crippen LogP contribution in [0, 0.1) is 6.92 Å². The molecule has 1 aliphatic heterocycles. The van der Waals surface area contributed by atoms with Crippen LogP contribution in [-0.4, -0.2) is 55.0 Å². The Morgan fingerprint density at radius 2 is 1.97 bits per heavy atom. The standard InChI is InChI=1S/C25H28N4O5S/c1-4-34-24(31)21-13-26-25(27-19-9-10-22(16(2)11-19)35(3,32)33)28-23(21)29-14-18-8-6-5-7-17(18)12-20(29)15-30/h5-11,13,20,30H,4,12,14-15H2,1-3H3,(H,26,27,28)/t20-/m0/s1. The number of hydrogen-bond donors (Lipinski definition) is 2. The van der Waals surface area contributed by atoms with Gasteiger partial charge in [-0.2, -0.15) is 4.98 Å². The number of anilines is 3. The fourth-order valence-corrected chi connectivity index (χ4v) is 5.23. The van der Waals surface area contributed by atoms with Crippen LogP contribution in [0.4, 0.5) is 17.5 Å². The first-order valence-electron chi connectivity index (χ1n) is 11.3. The predicted octanol–water partition coefficient (Wildman–Crippen LogP) is 3.03. The Hall–Kier alpha value is -3.50. The second-order valence-corrected chi connectivity index (χ2v) is 10.5. The van der Waals surface area contributed by atoms with E-state index in [1.807, 2.05) is 29.2 Å². The van der Waals surface area contributed by atoms with Gasteiger partial charge in [-0.05, 0) is 55.2 Å². The minimum Gasteiger partial charge on any atom is -0.462 e. The second-order valence-electron chi connectivity index (χ2n) is 8.47. The number of aliphatic hydroxyl groups excluding tert-OH is 1. The van der Waals surface area contributed by atoms with Crippen molar-refractivity contribution in [3.05, 3.63) is 70.9 Å². The third-order valence-corrected chi connectivity index (χ3v) is 7.19. The SMILES string of the molecule is CCOC(=O)c1cnc(Nc2ccc(S(C)(=O)=O)c(C)c2)nc1N1Cc2ccccc2C[C@H]1CO. The lowest BCUT2D eigenvalue weighted by atomic mass is 9.94. The molecule has 4 rings (SSSR count). The van der Waals surface area contributed by atoms with Crippen LogP contribution in [0.15, 0.2) is 53.6 Å². The van der Waals surface area contributed by atoms with Crippen molar-refractivity contribution >= 4 is 33.3 Å². The van der Waals surface area contributed by atoms with Gasteiger partial charge in [0, 0.05) is 24.7 Å². The normalized spacial score (nSPS) is 15.4. The molecule has 0 radical (unpaired) electrons. The van der Waals surface area contributed by atoms with E-state index < -0.39 is 15.8 Å². The van der Waals surface area contributed by atoms with Crippen molar-refractivity contribution < 1.29 is 23.1 Å². The number of hydrogen-bond acceptors (Lipinski definition) is 9. The number of rotatable bonds is 7. The van der Waals surface area contributed by atoms with E-state index in [1.165, 1.54) is 18.5 Å². The van der Waals surface area contributed by atoms with E-state index >= 15 is 0 Å². The summed E-state index contributed by atoms with van der Waals surface area (Å²) in [5, 5.41) is 13.2. The highest BCUT2D eigenvalue weighted by molar-refractivity contribution is 7.90. The van der Waals surface area contributed by atoms with Crippen molar-refractivity contribution in [1.29, 1.82) is 0 Å². The molecule has 2 N–H and O–H groups in total. The molecule has 0 aliphatic carbocycles. The Morgan fingerprint density at radius 3 is 2.63 bits per heavy atom. The summed E-state index contributed by atoms with van der Waals surface area (Å²) in [6.07, 6.45) is 3.18. The molecule has 0 fully saturated rings. The van der Waals surface area contributed by atoms with Crippen LogP contribution in [0.1, 0.15) is 34.0 Å². The number of aromatic nitrogens is 2. The van der Waals surface area contributed by atoms with Gasteiger partial charge in [0.25, 0.3) is 0 Å². The van der Waals surface area contributed by atoms with Gasteiger partial charge in [0.05, 0.1) is 24.2 Å². The molecule has 0 saturated carbocycles. The molecule has 2 aromatic carbocycles. The number of nitrogens with zero attached hydrogens (tertiary/aromatic N) is 3. The molecular weight excluding hydrogens is 468 g/mol. The highest BCUT2D eigenvalue weighted by atomic mass is 32.2. The molecule has 3 aromatic rings. The average Bonchev–Trinajstić information content (AvgIpc) is 2.82. The van der Waals surface area contributed by atoms with Crippen LogP contribution >= 0.6 is 0 Å². The maximum Gasteiger partial charge on any atom is 0.343 e. The zero-order valence-electron chi connectivity index (χ0n) is 19.9. The van der Waals surface area contributed by atoms with Crippen molar-refractivity contribution in [2.24, 2.45) is 0 Å². The van der Waals surface area contributed by atoms with Gasteiger partial charge in [-0.3, -0.25) is 0 Å². The Labute approximate surface area is 204 Å². The van der Waals surface area contributed by atoms with Crippen molar-refractivity contribution in [1.82, 2.24) is 9.97 Å². The second kappa shape index (κ2) is 10.0. The minimum absolute atomic E-state index is 0.116. The maximum atomic E-state index is 12.7. The summed E-state index contributed by atoms with van der Waals surface area (Å²) in [4.78, 5) is 23.8. The summed E-state index contributed by atoms with van der Waals surface area (Å²) in [5.74, 6) is 0.0482. The zero-order chi connectivity index (χ0) is 25.2. The van der Waals surface area contributed by atoms with Gasteiger partial charge < -0.3 is 20.1 Å². The number of aliphatic hydroxyl groups is 1. The van der Waals surface area contributed by atoms with E-state index in [4.69, 9.17) is 4.74 Å². The highest BCUT2D eigenvalue weighted by Crippen LogP contribution is 2.31. The van der Waals surface area contributed by atoms with Crippen LogP contribution in [0.3, 0.4) is 0 Å². The molecule has 10 heteroatoms. The van der Waals surface area contributed by atoms with Crippen LogP contribution in [0.5, 0.6) is 0 Å². The molecular formula is C25H28N4O5S. The molecule has 0 amide bonds. The van der Waals surface area contributed by atoms with Gasteiger partial charge >= 0.3 is 5.97 Å². The Balaban J connectivity index is 1.73. The fourth-order valence-electron chi connectivity index (χ4n) is 4.28. The molecule has 184 valence electrons. The number of ether oxygens (including phenoxy) is 1. The average molecular weight is 497 g/mol. The number of esters is 1. The lowest BCUT2D eigenvalue weighted by Gasteiger charge is -2.37. The summed E-state index contributed by atoms with van der Waals surface area (Å²) in [7, 11) is -3.34. The summed E-state index contributed by atoms with van der Waals surface area (Å²) < 4.78 is 29.1. The third-order valence-electron chi connectivity index (χ3n) is 5.93. The molecule has 1 aromatic heterocycles. The van der Waals surface area contributed by atoms with Crippen LogP contribution in [0.25, 0.3) is 0 Å². The molecule has 1 atom stereocenters. The number of fused-ring (bicyclic) bond motifs is 1. The van der Waals surface area contributed by atoms with Gasteiger partial charge in [0.2, 0.25) is 5.95 Å². The number of aryl methyl sites for hydroxylation is 1. The lowest BCUT2D eigenvalue weighted by Crippen LogP contribution is -2.44. The van der Waals surface area contributed by atoms with E-state index in [0.29, 0.717) is 30.0 Å². The number of sulfone groups is 1. The largest absolute Gasteiger partial charge is 0.462 e.